The molecule has 0 spiro atoms. The van der Waals surface area contributed by atoms with Gasteiger partial charge in [0.25, 0.3) is 0 Å². The van der Waals surface area contributed by atoms with Gasteiger partial charge in [0.2, 0.25) is 0 Å². The van der Waals surface area contributed by atoms with Crippen molar-refractivity contribution in [3.8, 4) is 0 Å². The van der Waals surface area contributed by atoms with E-state index in [-0.39, 0.29) is 0 Å². The van der Waals surface area contributed by atoms with E-state index in [1.54, 1.807) is 11.3 Å². The first-order chi connectivity index (χ1) is 10.7. The summed E-state index contributed by atoms with van der Waals surface area (Å²) in [6.45, 7) is 4.63. The van der Waals surface area contributed by atoms with Crippen molar-refractivity contribution in [3.63, 3.8) is 0 Å². The summed E-state index contributed by atoms with van der Waals surface area (Å²) in [5.74, 6) is 1.90. The molecular formula is C16H22BrN3OS. The zero-order valence-corrected chi connectivity index (χ0v) is 15.4. The Morgan fingerprint density at radius 1 is 1.36 bits per heavy atom. The van der Waals surface area contributed by atoms with Crippen LogP contribution in [0.15, 0.2) is 43.7 Å². The van der Waals surface area contributed by atoms with Crippen LogP contribution < -0.4 is 5.32 Å². The molecule has 2 rings (SSSR count). The van der Waals surface area contributed by atoms with Gasteiger partial charge in [0.15, 0.2) is 10.6 Å². The predicted molar refractivity (Wildman–Crippen MR) is 96.7 cm³/mol. The molecule has 0 saturated heterocycles. The Morgan fingerprint density at radius 3 is 2.86 bits per heavy atom. The Balaban J connectivity index is 1.85. The van der Waals surface area contributed by atoms with Crippen LogP contribution in [0.1, 0.15) is 17.6 Å². The summed E-state index contributed by atoms with van der Waals surface area (Å²) in [5.41, 5.74) is 0. The van der Waals surface area contributed by atoms with Gasteiger partial charge in [-0.1, -0.05) is 6.07 Å². The highest BCUT2D eigenvalue weighted by Gasteiger charge is 2.06. The van der Waals surface area contributed by atoms with Gasteiger partial charge in [0.1, 0.15) is 5.76 Å². The molecule has 0 fully saturated rings. The van der Waals surface area contributed by atoms with E-state index in [2.05, 4.69) is 62.6 Å². The molecule has 2 aromatic rings. The molecule has 0 aliphatic rings. The molecule has 0 aromatic carbocycles. The van der Waals surface area contributed by atoms with E-state index in [1.165, 1.54) is 4.88 Å². The molecule has 0 atom stereocenters. The average Bonchev–Trinajstić information content (AvgIpc) is 3.15. The fraction of sp³-hybridized carbons (Fsp3) is 0.438. The molecule has 0 saturated carbocycles. The first kappa shape index (κ1) is 17.1. The number of rotatable bonds is 7. The summed E-state index contributed by atoms with van der Waals surface area (Å²) < 4.78 is 6.27. The van der Waals surface area contributed by atoms with Crippen LogP contribution in [0.2, 0.25) is 0 Å². The van der Waals surface area contributed by atoms with Crippen molar-refractivity contribution in [3.05, 3.63) is 45.0 Å². The van der Waals surface area contributed by atoms with Crippen LogP contribution in [0.25, 0.3) is 0 Å². The predicted octanol–water partition coefficient (Wildman–Crippen LogP) is 3.79. The topological polar surface area (TPSA) is 40.8 Å². The highest BCUT2D eigenvalue weighted by molar-refractivity contribution is 9.10. The second kappa shape index (κ2) is 9.00. The maximum absolute atomic E-state index is 5.50. The minimum absolute atomic E-state index is 0.714. The largest absolute Gasteiger partial charge is 0.454 e. The zero-order valence-electron chi connectivity index (χ0n) is 13.0. The van der Waals surface area contributed by atoms with E-state index >= 15 is 0 Å². The first-order valence-electron chi connectivity index (χ1n) is 7.45. The lowest BCUT2D eigenvalue weighted by atomic mass is 10.3. The Kier molecular flexibility index (Phi) is 6.99. The van der Waals surface area contributed by atoms with E-state index in [9.17, 15) is 0 Å². The second-order valence-corrected chi connectivity index (χ2v) is 6.76. The lowest BCUT2D eigenvalue weighted by Crippen LogP contribution is -2.40. The maximum atomic E-state index is 5.50. The molecule has 0 aliphatic carbocycles. The van der Waals surface area contributed by atoms with Crippen molar-refractivity contribution >= 4 is 33.2 Å². The second-order valence-electron chi connectivity index (χ2n) is 4.94. The van der Waals surface area contributed by atoms with Gasteiger partial charge >= 0.3 is 0 Å². The summed E-state index contributed by atoms with van der Waals surface area (Å²) >= 11 is 5.12. The number of aliphatic imine (C=N–C) groups is 1. The van der Waals surface area contributed by atoms with Crippen molar-refractivity contribution in [1.29, 1.82) is 0 Å². The number of nitrogens with zero attached hydrogens (tertiary/aromatic N) is 2. The maximum Gasteiger partial charge on any atom is 0.193 e. The lowest BCUT2D eigenvalue weighted by Gasteiger charge is -2.21. The lowest BCUT2D eigenvalue weighted by molar-refractivity contribution is 0.478. The number of likely N-dealkylation sites (N-methyl/N-ethyl adjacent to an activating group) is 1. The van der Waals surface area contributed by atoms with Gasteiger partial charge in [-0.15, -0.1) is 11.3 Å². The summed E-state index contributed by atoms with van der Waals surface area (Å²) in [6.07, 6.45) is 1.85. The summed E-state index contributed by atoms with van der Waals surface area (Å²) in [6, 6.07) is 8.17. The van der Waals surface area contributed by atoms with Crippen LogP contribution in [-0.2, 0) is 12.8 Å². The smallest absolute Gasteiger partial charge is 0.193 e. The number of guanidine groups is 1. The van der Waals surface area contributed by atoms with Crippen LogP contribution in [-0.4, -0.2) is 37.5 Å². The molecule has 0 radical (unpaired) electrons. The molecule has 6 heteroatoms. The van der Waals surface area contributed by atoms with Crippen molar-refractivity contribution in [2.24, 2.45) is 4.99 Å². The normalized spacial score (nSPS) is 11.7. The van der Waals surface area contributed by atoms with Gasteiger partial charge in [-0.2, -0.15) is 0 Å². The Morgan fingerprint density at radius 2 is 2.23 bits per heavy atom. The van der Waals surface area contributed by atoms with E-state index < -0.39 is 0 Å². The molecule has 1 N–H and O–H groups in total. The van der Waals surface area contributed by atoms with Gasteiger partial charge in [-0.25, -0.2) is 0 Å². The fourth-order valence-electron chi connectivity index (χ4n) is 2.07. The van der Waals surface area contributed by atoms with Crippen LogP contribution in [0.4, 0.5) is 0 Å². The van der Waals surface area contributed by atoms with Gasteiger partial charge in [-0.05, 0) is 52.9 Å². The number of hydrogen-bond donors (Lipinski definition) is 1. The number of furan rings is 1. The van der Waals surface area contributed by atoms with Gasteiger partial charge in [0, 0.05) is 38.0 Å². The quantitative estimate of drug-likeness (QED) is 0.583. The first-order valence-corrected chi connectivity index (χ1v) is 9.12. The van der Waals surface area contributed by atoms with E-state index in [0.29, 0.717) is 6.54 Å². The van der Waals surface area contributed by atoms with Crippen LogP contribution in [0.5, 0.6) is 0 Å². The standard InChI is InChI=1S/C16H22BrN3OS/c1-3-18-16(19-10-8-13-6-7-15(17)21-13)20(2)11-9-14-5-4-12-22-14/h4-7,12H,3,8-11H2,1-2H3,(H,18,19). The Labute approximate surface area is 144 Å². The SMILES string of the molecule is CCNC(=NCCc1ccc(Br)o1)N(C)CCc1cccs1. The van der Waals surface area contributed by atoms with E-state index in [0.717, 1.165) is 42.3 Å². The van der Waals surface area contributed by atoms with Gasteiger partial charge < -0.3 is 14.6 Å². The molecule has 0 aliphatic heterocycles. The molecule has 0 bridgehead atoms. The molecule has 0 unspecified atom stereocenters. The fourth-order valence-corrected chi connectivity index (χ4v) is 3.10. The molecule has 2 aromatic heterocycles. The van der Waals surface area contributed by atoms with E-state index in [4.69, 9.17) is 4.42 Å². The summed E-state index contributed by atoms with van der Waals surface area (Å²) in [7, 11) is 2.08. The molecule has 0 amide bonds. The van der Waals surface area contributed by atoms with Crippen LogP contribution in [0, 0.1) is 0 Å². The van der Waals surface area contributed by atoms with Crippen LogP contribution >= 0.6 is 27.3 Å². The third-order valence-electron chi connectivity index (χ3n) is 3.22. The molecule has 2 heterocycles. The minimum Gasteiger partial charge on any atom is -0.454 e. The highest BCUT2D eigenvalue weighted by Crippen LogP contribution is 2.14. The number of hydrogen-bond acceptors (Lipinski definition) is 3. The van der Waals surface area contributed by atoms with Gasteiger partial charge in [0.05, 0.1) is 0 Å². The number of halogens is 1. The third kappa shape index (κ3) is 5.50. The van der Waals surface area contributed by atoms with Crippen molar-refractivity contribution in [1.82, 2.24) is 10.2 Å². The average molecular weight is 384 g/mol. The van der Waals surface area contributed by atoms with Crippen LogP contribution in [0.3, 0.4) is 0 Å². The molecule has 4 nitrogen and oxygen atoms in total. The van der Waals surface area contributed by atoms with Gasteiger partial charge in [-0.3, -0.25) is 4.99 Å². The van der Waals surface area contributed by atoms with Crippen molar-refractivity contribution in [2.45, 2.75) is 19.8 Å². The number of nitrogens with one attached hydrogen (secondary N) is 1. The molecule has 22 heavy (non-hydrogen) atoms. The Hall–Kier alpha value is -1.27. The Bertz CT molecular complexity index is 580. The zero-order chi connectivity index (χ0) is 15.8. The summed E-state index contributed by atoms with van der Waals surface area (Å²) in [5, 5.41) is 5.46. The minimum atomic E-state index is 0.714. The third-order valence-corrected chi connectivity index (χ3v) is 4.58. The van der Waals surface area contributed by atoms with Crippen molar-refractivity contribution < 1.29 is 4.42 Å². The summed E-state index contributed by atoms with van der Waals surface area (Å²) in [4.78, 5) is 8.26. The molecule has 120 valence electrons. The monoisotopic (exact) mass is 383 g/mol. The highest BCUT2D eigenvalue weighted by atomic mass is 79.9. The number of thiophene rings is 1. The van der Waals surface area contributed by atoms with E-state index in [1.807, 2.05) is 12.1 Å². The molecular weight excluding hydrogens is 362 g/mol. The van der Waals surface area contributed by atoms with Crippen molar-refractivity contribution in [2.75, 3.05) is 26.7 Å².